The van der Waals surface area contributed by atoms with Gasteiger partial charge in [-0.25, -0.2) is 0 Å². The van der Waals surface area contributed by atoms with Gasteiger partial charge in [0.1, 0.15) is 0 Å². The summed E-state index contributed by atoms with van der Waals surface area (Å²) < 4.78 is 28.2. The average Bonchev–Trinajstić information content (AvgIpc) is 2.01. The van der Waals surface area contributed by atoms with Crippen molar-refractivity contribution in [2.45, 2.75) is 13.8 Å². The van der Waals surface area contributed by atoms with E-state index in [1.807, 2.05) is 0 Å². The molecule has 0 aromatic heterocycles. The number of hydrogen-bond donors (Lipinski definition) is 4. The number of hydrogen-bond acceptors (Lipinski definition) is 5. The first-order chi connectivity index (χ1) is 6.83. The van der Waals surface area contributed by atoms with Gasteiger partial charge in [0.25, 0.3) is 10.1 Å². The zero-order valence-electron chi connectivity index (χ0n) is 9.18. The minimum Gasteiger partial charge on any atom is -0.395 e. The van der Waals surface area contributed by atoms with Gasteiger partial charge in [0.05, 0.1) is 19.0 Å². The summed E-state index contributed by atoms with van der Waals surface area (Å²) in [5.41, 5.74) is 0. The highest BCUT2D eigenvalue weighted by Crippen LogP contribution is 1.95. The molecule has 0 spiro atoms. The second-order valence-electron chi connectivity index (χ2n) is 3.34. The molecule has 4 N–H and O–H groups in total. The van der Waals surface area contributed by atoms with Gasteiger partial charge in [-0.3, -0.25) is 4.55 Å². The average molecular weight is 243 g/mol. The molecule has 0 aromatic carbocycles. The quantitative estimate of drug-likeness (QED) is 0.355. The van der Waals surface area contributed by atoms with E-state index in [0.29, 0.717) is 13.1 Å². The summed E-state index contributed by atoms with van der Waals surface area (Å²) in [6, 6.07) is 0. The third kappa shape index (κ3) is 24.8. The molecule has 0 fully saturated rings. The predicted molar refractivity (Wildman–Crippen MR) is 58.3 cm³/mol. The molecule has 6 nitrogen and oxygen atoms in total. The second-order valence-corrected chi connectivity index (χ2v) is 4.84. The van der Waals surface area contributed by atoms with Crippen LogP contribution < -0.4 is 5.32 Å². The van der Waals surface area contributed by atoms with Gasteiger partial charge >= 0.3 is 0 Å². The van der Waals surface area contributed by atoms with Crippen molar-refractivity contribution >= 4 is 10.1 Å². The normalized spacial score (nSPS) is 11.1. The SMILES string of the molecule is CC(C)CS(=O)(=O)O.OCCNCCO. The molecule has 7 heteroatoms. The largest absolute Gasteiger partial charge is 0.395 e. The van der Waals surface area contributed by atoms with E-state index in [-0.39, 0.29) is 24.9 Å². The molecule has 0 amide bonds. The Hall–Kier alpha value is -0.210. The van der Waals surface area contributed by atoms with Crippen LogP contribution in [-0.4, -0.2) is 55.2 Å². The van der Waals surface area contributed by atoms with Gasteiger partial charge < -0.3 is 15.5 Å². The second kappa shape index (κ2) is 10.3. The zero-order valence-corrected chi connectivity index (χ0v) is 10.00. The van der Waals surface area contributed by atoms with Crippen molar-refractivity contribution in [3.63, 3.8) is 0 Å². The minimum absolute atomic E-state index is 0.00463. The number of rotatable bonds is 6. The first-order valence-electron chi connectivity index (χ1n) is 4.71. The maximum Gasteiger partial charge on any atom is 0.265 e. The van der Waals surface area contributed by atoms with Crippen LogP contribution in [0.5, 0.6) is 0 Å². The van der Waals surface area contributed by atoms with Crippen LogP contribution in [0.1, 0.15) is 13.8 Å². The molecule has 0 bridgehead atoms. The van der Waals surface area contributed by atoms with Crippen LogP contribution in [0.4, 0.5) is 0 Å². The monoisotopic (exact) mass is 243 g/mol. The Morgan fingerprint density at radius 3 is 1.67 bits per heavy atom. The highest BCUT2D eigenvalue weighted by Gasteiger charge is 2.06. The third-order valence-electron chi connectivity index (χ3n) is 1.12. The maximum atomic E-state index is 10.00. The van der Waals surface area contributed by atoms with Crippen molar-refractivity contribution in [2.24, 2.45) is 5.92 Å². The predicted octanol–water partition coefficient (Wildman–Crippen LogP) is -0.909. The van der Waals surface area contributed by atoms with E-state index in [2.05, 4.69) is 5.32 Å². The lowest BCUT2D eigenvalue weighted by molar-refractivity contribution is 0.266. The highest BCUT2D eigenvalue weighted by molar-refractivity contribution is 7.85. The lowest BCUT2D eigenvalue weighted by Crippen LogP contribution is -2.21. The molecular formula is C8H21NO5S. The van der Waals surface area contributed by atoms with Crippen LogP contribution >= 0.6 is 0 Å². The van der Waals surface area contributed by atoms with Crippen molar-refractivity contribution in [3.05, 3.63) is 0 Å². The summed E-state index contributed by atoms with van der Waals surface area (Å²) >= 11 is 0. The number of nitrogens with one attached hydrogen (secondary N) is 1. The van der Waals surface area contributed by atoms with Crippen molar-refractivity contribution in [1.82, 2.24) is 5.32 Å². The highest BCUT2D eigenvalue weighted by atomic mass is 32.2. The standard InChI is InChI=1S/C4H11NO2.C4H10O3S/c6-3-1-5-2-4-7;1-4(2)3-8(5,6)7/h5-7H,1-4H2;4H,3H2,1-2H3,(H,5,6,7). The molecule has 0 aliphatic heterocycles. The van der Waals surface area contributed by atoms with Crippen LogP contribution in [0.3, 0.4) is 0 Å². The molecule has 0 saturated carbocycles. The lowest BCUT2D eigenvalue weighted by Gasteiger charge is -1.97. The molecule has 94 valence electrons. The number of aliphatic hydroxyl groups is 2. The summed E-state index contributed by atoms with van der Waals surface area (Å²) in [7, 11) is -3.72. The first-order valence-corrected chi connectivity index (χ1v) is 6.32. The molecule has 0 aromatic rings. The molecule has 15 heavy (non-hydrogen) atoms. The van der Waals surface area contributed by atoms with Crippen LogP contribution in [0.2, 0.25) is 0 Å². The van der Waals surface area contributed by atoms with Crippen LogP contribution in [-0.2, 0) is 10.1 Å². The molecule has 0 radical (unpaired) electrons. The Balaban J connectivity index is 0. The molecule has 0 aliphatic rings. The molecule has 0 unspecified atom stereocenters. The Morgan fingerprint density at radius 2 is 1.53 bits per heavy atom. The minimum atomic E-state index is -3.72. The van der Waals surface area contributed by atoms with Gasteiger partial charge in [-0.1, -0.05) is 13.8 Å². The van der Waals surface area contributed by atoms with E-state index in [4.69, 9.17) is 14.8 Å². The summed E-state index contributed by atoms with van der Waals surface area (Å²) in [5.74, 6) is -0.141. The van der Waals surface area contributed by atoms with E-state index < -0.39 is 10.1 Å². The van der Waals surface area contributed by atoms with Crippen molar-refractivity contribution in [2.75, 3.05) is 32.1 Å². The van der Waals surface area contributed by atoms with Crippen molar-refractivity contribution in [1.29, 1.82) is 0 Å². The first kappa shape index (κ1) is 17.2. The van der Waals surface area contributed by atoms with E-state index in [1.54, 1.807) is 13.8 Å². The van der Waals surface area contributed by atoms with Crippen LogP contribution in [0.15, 0.2) is 0 Å². The van der Waals surface area contributed by atoms with E-state index in [0.717, 1.165) is 0 Å². The lowest BCUT2D eigenvalue weighted by atomic mass is 10.3. The van der Waals surface area contributed by atoms with Gasteiger partial charge in [-0.05, 0) is 5.92 Å². The summed E-state index contributed by atoms with van der Waals surface area (Å²) in [6.45, 7) is 4.88. The summed E-state index contributed by atoms with van der Waals surface area (Å²) in [4.78, 5) is 0. The van der Waals surface area contributed by atoms with Crippen molar-refractivity contribution < 1.29 is 23.2 Å². The van der Waals surface area contributed by atoms with Crippen LogP contribution in [0.25, 0.3) is 0 Å². The van der Waals surface area contributed by atoms with E-state index in [9.17, 15) is 8.42 Å². The smallest absolute Gasteiger partial charge is 0.265 e. The van der Waals surface area contributed by atoms with Gasteiger partial charge in [0, 0.05) is 13.1 Å². The number of aliphatic hydroxyl groups excluding tert-OH is 2. The fraction of sp³-hybridized carbons (Fsp3) is 1.00. The van der Waals surface area contributed by atoms with Gasteiger partial charge in [-0.2, -0.15) is 8.42 Å². The van der Waals surface area contributed by atoms with Gasteiger partial charge in [0.15, 0.2) is 0 Å². The topological polar surface area (TPSA) is 107 Å². The Kier molecular flexibility index (Phi) is 11.8. The Morgan fingerprint density at radius 1 is 1.13 bits per heavy atom. The van der Waals surface area contributed by atoms with E-state index >= 15 is 0 Å². The summed E-state index contributed by atoms with van der Waals surface area (Å²) in [5, 5.41) is 19.1. The Bertz CT molecular complexity index is 211. The molecule has 0 rings (SSSR count). The molecular weight excluding hydrogens is 222 g/mol. The van der Waals surface area contributed by atoms with Crippen molar-refractivity contribution in [3.8, 4) is 0 Å². The third-order valence-corrected chi connectivity index (χ3v) is 2.21. The van der Waals surface area contributed by atoms with E-state index in [1.165, 1.54) is 0 Å². The fourth-order valence-corrected chi connectivity index (χ4v) is 1.55. The fourth-order valence-electron chi connectivity index (χ4n) is 0.704. The Labute approximate surface area is 91.1 Å². The van der Waals surface area contributed by atoms with Crippen LogP contribution in [0, 0.1) is 5.92 Å². The molecule has 0 atom stereocenters. The zero-order chi connectivity index (χ0) is 12.3. The summed E-state index contributed by atoms with van der Waals surface area (Å²) in [6.07, 6.45) is 0. The van der Waals surface area contributed by atoms with Gasteiger partial charge in [-0.15, -0.1) is 0 Å². The molecule has 0 saturated heterocycles. The maximum absolute atomic E-state index is 10.00. The van der Waals surface area contributed by atoms with Gasteiger partial charge in [0.2, 0.25) is 0 Å². The molecule has 0 heterocycles. The molecule has 0 aliphatic carbocycles.